The molecule has 3 heteroatoms. The van der Waals surface area contributed by atoms with E-state index in [1.54, 1.807) is 0 Å². The van der Waals surface area contributed by atoms with Gasteiger partial charge in [-0.25, -0.2) is 0 Å². The molecule has 0 unspecified atom stereocenters. The molecule has 70 valence electrons. The molecule has 1 aromatic carbocycles. The summed E-state index contributed by atoms with van der Waals surface area (Å²) in [6.45, 7) is 1.87. The first-order valence-corrected chi connectivity index (χ1v) is 4.20. The molecule has 0 aliphatic heterocycles. The second kappa shape index (κ2) is 3.10. The van der Waals surface area contributed by atoms with Crippen molar-refractivity contribution in [2.24, 2.45) is 0 Å². The summed E-state index contributed by atoms with van der Waals surface area (Å²) in [5.41, 5.74) is 0.932. The molecule has 1 heterocycles. The van der Waals surface area contributed by atoms with Gasteiger partial charge in [-0.2, -0.15) is 0 Å². The number of carbonyl (C=O) groups excluding carboxylic acids is 2. The van der Waals surface area contributed by atoms with E-state index in [0.717, 1.165) is 16.3 Å². The summed E-state index contributed by atoms with van der Waals surface area (Å²) in [6.07, 6.45) is 1.75. The maximum Gasteiger partial charge on any atom is 0.261 e. The molecule has 0 bridgehead atoms. The number of hydrogen-bond acceptors (Lipinski definition) is 3. The number of carbonyl (C=O) groups is 2. The first-order valence-electron chi connectivity index (χ1n) is 4.20. The van der Waals surface area contributed by atoms with E-state index in [-0.39, 0.29) is 12.0 Å². The number of aldehydes is 1. The van der Waals surface area contributed by atoms with E-state index < -0.39 is 5.78 Å². The van der Waals surface area contributed by atoms with Crippen molar-refractivity contribution in [3.8, 4) is 0 Å². The lowest BCUT2D eigenvalue weighted by atomic mass is 10.1. The highest BCUT2D eigenvalue weighted by Crippen LogP contribution is 2.24. The third kappa shape index (κ3) is 1.14. The molecular weight excluding hydrogens is 180 g/mol. The van der Waals surface area contributed by atoms with Crippen LogP contribution >= 0.6 is 0 Å². The van der Waals surface area contributed by atoms with E-state index in [4.69, 9.17) is 4.42 Å². The summed E-state index contributed by atoms with van der Waals surface area (Å²) in [4.78, 5) is 21.5. The van der Waals surface area contributed by atoms with Gasteiger partial charge in [-0.1, -0.05) is 18.2 Å². The molecule has 0 N–H and O–H groups in total. The third-order valence-electron chi connectivity index (χ3n) is 2.17. The molecule has 0 saturated carbocycles. The Labute approximate surface area is 80.3 Å². The maximum absolute atomic E-state index is 11.2. The Bertz CT molecular complexity index is 508. The van der Waals surface area contributed by atoms with Crippen molar-refractivity contribution in [2.75, 3.05) is 0 Å². The number of benzene rings is 1. The van der Waals surface area contributed by atoms with Crippen molar-refractivity contribution >= 4 is 22.8 Å². The number of Topliss-reactive ketones (excluding diaryl/α,β-unsaturated/α-hetero) is 1. The Kier molecular flexibility index (Phi) is 1.93. The fourth-order valence-electron chi connectivity index (χ4n) is 1.51. The summed E-state index contributed by atoms with van der Waals surface area (Å²) >= 11 is 0. The normalized spacial score (nSPS) is 10.4. The van der Waals surface area contributed by atoms with E-state index >= 15 is 0 Å². The van der Waals surface area contributed by atoms with Crippen LogP contribution in [0.4, 0.5) is 0 Å². The highest BCUT2D eigenvalue weighted by molar-refractivity contribution is 6.35. The Hall–Kier alpha value is -1.90. The molecule has 0 atom stereocenters. The van der Waals surface area contributed by atoms with Crippen molar-refractivity contribution in [2.45, 2.75) is 6.92 Å². The van der Waals surface area contributed by atoms with Crippen LogP contribution in [0.25, 0.3) is 10.8 Å². The van der Waals surface area contributed by atoms with Crippen molar-refractivity contribution < 1.29 is 14.0 Å². The topological polar surface area (TPSA) is 47.3 Å². The summed E-state index contributed by atoms with van der Waals surface area (Å²) in [7, 11) is 0. The van der Waals surface area contributed by atoms with E-state index in [1.165, 1.54) is 6.26 Å². The molecule has 0 aliphatic carbocycles. The van der Waals surface area contributed by atoms with Crippen LogP contribution in [0.15, 0.2) is 28.9 Å². The SMILES string of the molecule is Cc1cccc2coc(C(=O)C=O)c12. The van der Waals surface area contributed by atoms with Gasteiger partial charge in [-0.3, -0.25) is 9.59 Å². The Morgan fingerprint density at radius 1 is 1.43 bits per heavy atom. The van der Waals surface area contributed by atoms with Crippen molar-refractivity contribution in [3.63, 3.8) is 0 Å². The average Bonchev–Trinajstić information content (AvgIpc) is 2.62. The summed E-state index contributed by atoms with van der Waals surface area (Å²) in [5, 5.41) is 1.57. The molecule has 2 rings (SSSR count). The van der Waals surface area contributed by atoms with Crippen LogP contribution in [0.1, 0.15) is 16.1 Å². The second-order valence-electron chi connectivity index (χ2n) is 3.09. The van der Waals surface area contributed by atoms with Gasteiger partial charge in [0.15, 0.2) is 12.0 Å². The summed E-state index contributed by atoms with van der Waals surface area (Å²) < 4.78 is 5.07. The molecule has 0 amide bonds. The molecule has 0 saturated heterocycles. The van der Waals surface area contributed by atoms with Gasteiger partial charge in [0.2, 0.25) is 0 Å². The number of fused-ring (bicyclic) bond motifs is 1. The van der Waals surface area contributed by atoms with Crippen LogP contribution in [0.3, 0.4) is 0 Å². The standard InChI is InChI=1S/C11H8O3/c1-7-3-2-4-8-6-14-11(10(7)8)9(13)5-12/h2-6H,1H3. The number of rotatable bonds is 2. The fourth-order valence-corrected chi connectivity index (χ4v) is 1.51. The van der Waals surface area contributed by atoms with Crippen molar-refractivity contribution in [3.05, 3.63) is 35.8 Å². The number of furan rings is 1. The molecule has 2 aromatic rings. The van der Waals surface area contributed by atoms with E-state index in [1.807, 2.05) is 25.1 Å². The minimum atomic E-state index is -0.616. The largest absolute Gasteiger partial charge is 0.459 e. The van der Waals surface area contributed by atoms with Gasteiger partial charge >= 0.3 is 0 Å². The lowest BCUT2D eigenvalue weighted by molar-refractivity contribution is -0.104. The van der Waals surface area contributed by atoms with Gasteiger partial charge in [-0.05, 0) is 12.5 Å². The minimum Gasteiger partial charge on any atom is -0.459 e. The zero-order valence-electron chi connectivity index (χ0n) is 7.61. The minimum absolute atomic E-state index is 0.133. The highest BCUT2D eigenvalue weighted by atomic mass is 16.3. The first-order chi connectivity index (χ1) is 6.74. The van der Waals surface area contributed by atoms with Crippen LogP contribution in [-0.4, -0.2) is 12.1 Å². The predicted molar refractivity (Wildman–Crippen MR) is 51.3 cm³/mol. The van der Waals surface area contributed by atoms with Crippen molar-refractivity contribution in [1.82, 2.24) is 0 Å². The smallest absolute Gasteiger partial charge is 0.261 e. The number of hydrogen-bond donors (Lipinski definition) is 0. The lowest BCUT2D eigenvalue weighted by Gasteiger charge is -1.95. The zero-order valence-corrected chi connectivity index (χ0v) is 7.61. The predicted octanol–water partition coefficient (Wildman–Crippen LogP) is 2.12. The Balaban J connectivity index is 2.79. The molecule has 1 aromatic heterocycles. The molecule has 0 spiro atoms. The van der Waals surface area contributed by atoms with E-state index in [9.17, 15) is 9.59 Å². The monoisotopic (exact) mass is 188 g/mol. The maximum atomic E-state index is 11.2. The van der Waals surface area contributed by atoms with E-state index in [2.05, 4.69) is 0 Å². The summed E-state index contributed by atoms with van der Waals surface area (Å²) in [5.74, 6) is -0.484. The zero-order chi connectivity index (χ0) is 10.1. The molecular formula is C11H8O3. The molecule has 0 fully saturated rings. The van der Waals surface area contributed by atoms with Gasteiger partial charge in [0.25, 0.3) is 5.78 Å². The van der Waals surface area contributed by atoms with Gasteiger partial charge < -0.3 is 4.42 Å². The summed E-state index contributed by atoms with van der Waals surface area (Å²) in [6, 6.07) is 5.59. The molecule has 3 nitrogen and oxygen atoms in total. The van der Waals surface area contributed by atoms with Crippen LogP contribution < -0.4 is 0 Å². The third-order valence-corrected chi connectivity index (χ3v) is 2.17. The Morgan fingerprint density at radius 2 is 2.21 bits per heavy atom. The fraction of sp³-hybridized carbons (Fsp3) is 0.0909. The van der Waals surface area contributed by atoms with Gasteiger partial charge in [0, 0.05) is 10.8 Å². The first kappa shape index (κ1) is 8.69. The van der Waals surface area contributed by atoms with Gasteiger partial charge in [-0.15, -0.1) is 0 Å². The lowest BCUT2D eigenvalue weighted by Crippen LogP contribution is -1.98. The van der Waals surface area contributed by atoms with Crippen LogP contribution in [-0.2, 0) is 4.79 Å². The van der Waals surface area contributed by atoms with Gasteiger partial charge in [0.1, 0.15) is 0 Å². The quantitative estimate of drug-likeness (QED) is 0.412. The second-order valence-corrected chi connectivity index (χ2v) is 3.09. The van der Waals surface area contributed by atoms with E-state index in [0.29, 0.717) is 0 Å². The number of aryl methyl sites for hydroxylation is 1. The Morgan fingerprint density at radius 3 is 2.93 bits per heavy atom. The van der Waals surface area contributed by atoms with Crippen molar-refractivity contribution in [1.29, 1.82) is 0 Å². The average molecular weight is 188 g/mol. The van der Waals surface area contributed by atoms with Gasteiger partial charge in [0.05, 0.1) is 6.26 Å². The molecule has 0 aliphatic rings. The number of ketones is 1. The van der Waals surface area contributed by atoms with Crippen LogP contribution in [0, 0.1) is 6.92 Å². The van der Waals surface area contributed by atoms with Crippen LogP contribution in [0.5, 0.6) is 0 Å². The molecule has 14 heavy (non-hydrogen) atoms. The highest BCUT2D eigenvalue weighted by Gasteiger charge is 2.14. The molecule has 0 radical (unpaired) electrons. The van der Waals surface area contributed by atoms with Crippen LogP contribution in [0.2, 0.25) is 0 Å².